The van der Waals surface area contributed by atoms with Crippen molar-refractivity contribution in [3.63, 3.8) is 0 Å². The Hall–Kier alpha value is -0.960. The number of aliphatic imine (C=N–C) groups is 2. The van der Waals surface area contributed by atoms with Crippen LogP contribution in [0.15, 0.2) is 38.7 Å². The molecule has 0 amide bonds. The maximum atomic E-state index is 4.15. The monoisotopic (exact) mass is 222 g/mol. The van der Waals surface area contributed by atoms with Crippen LogP contribution in [0.5, 0.6) is 0 Å². The van der Waals surface area contributed by atoms with Gasteiger partial charge in [0.2, 0.25) is 0 Å². The fraction of sp³-hybridized carbons (Fsp3) is 0.111. The Morgan fingerprint density at radius 3 is 2.50 bits per heavy atom. The van der Waals surface area contributed by atoms with Gasteiger partial charge in [-0.1, -0.05) is 28.1 Å². The molecule has 12 heavy (non-hydrogen) atoms. The molecule has 0 unspecified atom stereocenters. The second-order valence-corrected chi connectivity index (χ2v) is 3.45. The molecule has 0 atom stereocenters. The van der Waals surface area contributed by atoms with Gasteiger partial charge in [-0.25, -0.2) is 4.99 Å². The Bertz CT molecular complexity index is 338. The summed E-state index contributed by atoms with van der Waals surface area (Å²) in [7, 11) is 0. The van der Waals surface area contributed by atoms with Crippen molar-refractivity contribution in [3.8, 4) is 0 Å². The van der Waals surface area contributed by atoms with E-state index < -0.39 is 0 Å². The highest BCUT2D eigenvalue weighted by molar-refractivity contribution is 9.10. The van der Waals surface area contributed by atoms with Gasteiger partial charge in [-0.05, 0) is 17.7 Å². The van der Waals surface area contributed by atoms with Gasteiger partial charge in [-0.3, -0.25) is 4.99 Å². The summed E-state index contributed by atoms with van der Waals surface area (Å²) in [5.41, 5.74) is 2.19. The van der Waals surface area contributed by atoms with Crippen LogP contribution in [0.3, 0.4) is 0 Å². The van der Waals surface area contributed by atoms with Crippen LogP contribution in [0, 0.1) is 0 Å². The van der Waals surface area contributed by atoms with E-state index in [0.29, 0.717) is 6.54 Å². The maximum absolute atomic E-state index is 4.15. The van der Waals surface area contributed by atoms with Crippen molar-refractivity contribution in [1.29, 1.82) is 0 Å². The van der Waals surface area contributed by atoms with Crippen LogP contribution in [-0.2, 0) is 0 Å². The molecule has 1 aromatic rings. The van der Waals surface area contributed by atoms with E-state index in [4.69, 9.17) is 0 Å². The summed E-state index contributed by atoms with van der Waals surface area (Å²) in [6.07, 6.45) is 1.61. The summed E-state index contributed by atoms with van der Waals surface area (Å²) in [4.78, 5) is 8.17. The molecule has 1 aliphatic rings. The molecule has 0 fully saturated rings. The van der Waals surface area contributed by atoms with Crippen LogP contribution in [0.25, 0.3) is 0 Å². The quantitative estimate of drug-likeness (QED) is 0.697. The lowest BCUT2D eigenvalue weighted by molar-refractivity contribution is 1.35. The molecule has 2 rings (SSSR count). The van der Waals surface area contributed by atoms with Gasteiger partial charge in [0, 0.05) is 4.47 Å². The minimum atomic E-state index is 0.710. The lowest BCUT2D eigenvalue weighted by atomic mass is 10.1. The van der Waals surface area contributed by atoms with E-state index in [2.05, 4.69) is 25.9 Å². The van der Waals surface area contributed by atoms with Gasteiger partial charge in [0.1, 0.15) is 6.34 Å². The molecule has 1 aliphatic heterocycles. The van der Waals surface area contributed by atoms with Crippen LogP contribution >= 0.6 is 15.9 Å². The summed E-state index contributed by atoms with van der Waals surface area (Å²) in [6, 6.07) is 8.10. The number of nitrogens with zero attached hydrogens (tertiary/aromatic N) is 2. The van der Waals surface area contributed by atoms with Crippen molar-refractivity contribution in [1.82, 2.24) is 0 Å². The van der Waals surface area contributed by atoms with Gasteiger partial charge < -0.3 is 0 Å². The van der Waals surface area contributed by atoms with Gasteiger partial charge in [-0.15, -0.1) is 0 Å². The van der Waals surface area contributed by atoms with Crippen LogP contribution in [0.2, 0.25) is 0 Å². The van der Waals surface area contributed by atoms with E-state index in [1.165, 1.54) is 0 Å². The zero-order chi connectivity index (χ0) is 8.39. The second-order valence-electron chi connectivity index (χ2n) is 2.54. The van der Waals surface area contributed by atoms with Crippen LogP contribution in [0.4, 0.5) is 0 Å². The van der Waals surface area contributed by atoms with Crippen molar-refractivity contribution < 1.29 is 0 Å². The number of hydrogen-bond donors (Lipinski definition) is 0. The molecule has 3 heteroatoms. The minimum absolute atomic E-state index is 0.710. The van der Waals surface area contributed by atoms with Crippen LogP contribution in [-0.4, -0.2) is 18.6 Å². The molecule has 0 saturated heterocycles. The fourth-order valence-corrected chi connectivity index (χ4v) is 1.35. The Morgan fingerprint density at radius 1 is 1.17 bits per heavy atom. The molecule has 0 N–H and O–H groups in total. The third-order valence-corrected chi connectivity index (χ3v) is 2.24. The smallest absolute Gasteiger partial charge is 0.110 e. The van der Waals surface area contributed by atoms with Crippen LogP contribution < -0.4 is 0 Å². The molecule has 0 bridgehead atoms. The zero-order valence-corrected chi connectivity index (χ0v) is 7.95. The Balaban J connectivity index is 2.30. The lowest BCUT2D eigenvalue weighted by Crippen LogP contribution is -2.00. The first-order valence-electron chi connectivity index (χ1n) is 3.67. The molecule has 0 aromatic heterocycles. The highest BCUT2D eigenvalue weighted by Gasteiger charge is 2.04. The molecule has 0 spiro atoms. The van der Waals surface area contributed by atoms with E-state index in [-0.39, 0.29) is 0 Å². The summed E-state index contributed by atoms with van der Waals surface area (Å²) in [6.45, 7) is 0.710. The normalized spacial score (nSPS) is 14.9. The zero-order valence-electron chi connectivity index (χ0n) is 6.37. The van der Waals surface area contributed by atoms with E-state index in [1.54, 1.807) is 6.34 Å². The van der Waals surface area contributed by atoms with Gasteiger partial charge in [0.25, 0.3) is 0 Å². The van der Waals surface area contributed by atoms with Gasteiger partial charge in [-0.2, -0.15) is 0 Å². The van der Waals surface area contributed by atoms with Crippen molar-refractivity contribution >= 4 is 28.0 Å². The Labute approximate surface area is 79.2 Å². The minimum Gasteiger partial charge on any atom is -0.267 e. The van der Waals surface area contributed by atoms with Crippen molar-refractivity contribution in [2.75, 3.05) is 6.54 Å². The highest BCUT2D eigenvalue weighted by atomic mass is 79.9. The van der Waals surface area contributed by atoms with E-state index in [1.807, 2.05) is 24.3 Å². The average Bonchev–Trinajstić information content (AvgIpc) is 2.58. The van der Waals surface area contributed by atoms with E-state index in [9.17, 15) is 0 Å². The summed E-state index contributed by atoms with van der Waals surface area (Å²) >= 11 is 3.38. The SMILES string of the molecule is Brc1ccc(C2=NC=NC2)cc1. The summed E-state index contributed by atoms with van der Waals surface area (Å²) in [5.74, 6) is 0. The second kappa shape index (κ2) is 3.19. The molecule has 1 heterocycles. The molecule has 2 nitrogen and oxygen atoms in total. The summed E-state index contributed by atoms with van der Waals surface area (Å²) in [5, 5.41) is 0. The molecular formula is C9H7BrN2. The average molecular weight is 223 g/mol. The lowest BCUT2D eigenvalue weighted by Gasteiger charge is -1.98. The standard InChI is InChI=1S/C9H7BrN2/c10-8-3-1-7(2-4-8)9-5-11-6-12-9/h1-4,6H,5H2. The summed E-state index contributed by atoms with van der Waals surface area (Å²) < 4.78 is 1.09. The highest BCUT2D eigenvalue weighted by Crippen LogP contribution is 2.12. The molecule has 0 radical (unpaired) electrons. The van der Waals surface area contributed by atoms with Crippen molar-refractivity contribution in [2.24, 2.45) is 9.98 Å². The topological polar surface area (TPSA) is 24.7 Å². The molecule has 0 aliphatic carbocycles. The number of halogens is 1. The Morgan fingerprint density at radius 2 is 1.92 bits per heavy atom. The largest absolute Gasteiger partial charge is 0.267 e. The number of benzene rings is 1. The molecule has 1 aromatic carbocycles. The van der Waals surface area contributed by atoms with Gasteiger partial charge >= 0.3 is 0 Å². The third kappa shape index (κ3) is 1.46. The number of hydrogen-bond acceptors (Lipinski definition) is 2. The maximum Gasteiger partial charge on any atom is 0.110 e. The first-order chi connectivity index (χ1) is 5.86. The van der Waals surface area contributed by atoms with Crippen LogP contribution in [0.1, 0.15) is 5.56 Å². The molecular weight excluding hydrogens is 216 g/mol. The van der Waals surface area contributed by atoms with E-state index >= 15 is 0 Å². The predicted molar refractivity (Wildman–Crippen MR) is 54.0 cm³/mol. The van der Waals surface area contributed by atoms with E-state index in [0.717, 1.165) is 15.7 Å². The predicted octanol–water partition coefficient (Wildman–Crippen LogP) is 2.28. The Kier molecular flexibility index (Phi) is 2.04. The van der Waals surface area contributed by atoms with Crippen molar-refractivity contribution in [2.45, 2.75) is 0 Å². The fourth-order valence-electron chi connectivity index (χ4n) is 1.09. The van der Waals surface area contributed by atoms with Crippen molar-refractivity contribution in [3.05, 3.63) is 34.3 Å². The molecule has 0 saturated carbocycles. The van der Waals surface area contributed by atoms with Gasteiger partial charge in [0.15, 0.2) is 0 Å². The third-order valence-electron chi connectivity index (χ3n) is 1.71. The number of rotatable bonds is 1. The van der Waals surface area contributed by atoms with Gasteiger partial charge in [0.05, 0.1) is 12.3 Å². The molecule has 60 valence electrons. The first-order valence-corrected chi connectivity index (χ1v) is 4.46. The first kappa shape index (κ1) is 7.68.